The molecule has 9 heteroatoms. The lowest BCUT2D eigenvalue weighted by Gasteiger charge is -2.29. The van der Waals surface area contributed by atoms with Crippen LogP contribution < -0.4 is 15.5 Å². The summed E-state index contributed by atoms with van der Waals surface area (Å²) in [6, 6.07) is 14.1. The van der Waals surface area contributed by atoms with Gasteiger partial charge in [0.1, 0.15) is 16.8 Å². The molecule has 2 aromatic carbocycles. The van der Waals surface area contributed by atoms with Crippen molar-refractivity contribution in [1.29, 1.82) is 0 Å². The number of morpholine rings is 1. The SMILES string of the molecule is CC(=O)Cc1ccc(NC(=O)Nc2ccc(-c3nc(Cl)c(C)c(N4CCOCC4)n3)cc2)cc1. The molecular weight excluding hydrogens is 454 g/mol. The van der Waals surface area contributed by atoms with Gasteiger partial charge in [0.2, 0.25) is 0 Å². The molecule has 1 fully saturated rings. The summed E-state index contributed by atoms with van der Waals surface area (Å²) in [4.78, 5) is 34.9. The zero-order chi connectivity index (χ0) is 24.1. The van der Waals surface area contributed by atoms with Crippen LogP contribution >= 0.6 is 11.6 Å². The van der Waals surface area contributed by atoms with Gasteiger partial charge in [0, 0.05) is 42.0 Å². The van der Waals surface area contributed by atoms with E-state index in [1.165, 1.54) is 0 Å². The Kier molecular flexibility index (Phi) is 7.40. The molecule has 34 heavy (non-hydrogen) atoms. The zero-order valence-corrected chi connectivity index (χ0v) is 19.9. The Morgan fingerprint density at radius 3 is 2.15 bits per heavy atom. The van der Waals surface area contributed by atoms with Gasteiger partial charge in [0.15, 0.2) is 5.82 Å². The molecule has 0 unspecified atom stereocenters. The van der Waals surface area contributed by atoms with Gasteiger partial charge in [-0.15, -0.1) is 0 Å². The molecule has 0 aliphatic carbocycles. The number of halogens is 1. The predicted octanol–water partition coefficient (Wildman–Crippen LogP) is 4.72. The Hall–Kier alpha value is -3.49. The van der Waals surface area contributed by atoms with E-state index < -0.39 is 0 Å². The predicted molar refractivity (Wildman–Crippen MR) is 134 cm³/mol. The molecule has 2 N–H and O–H groups in total. The summed E-state index contributed by atoms with van der Waals surface area (Å²) in [6.07, 6.45) is 0.378. The van der Waals surface area contributed by atoms with E-state index in [0.29, 0.717) is 42.0 Å². The monoisotopic (exact) mass is 479 g/mol. The molecule has 8 nitrogen and oxygen atoms in total. The Morgan fingerprint density at radius 2 is 1.56 bits per heavy atom. The van der Waals surface area contributed by atoms with Crippen molar-refractivity contribution in [3.63, 3.8) is 0 Å². The Morgan fingerprint density at radius 1 is 0.971 bits per heavy atom. The molecule has 2 amide bonds. The van der Waals surface area contributed by atoms with E-state index in [0.717, 1.165) is 35.6 Å². The second-order valence-electron chi connectivity index (χ2n) is 8.12. The summed E-state index contributed by atoms with van der Waals surface area (Å²) in [5.74, 6) is 1.44. The first-order valence-corrected chi connectivity index (χ1v) is 11.4. The number of Topliss-reactive ketones (excluding diaryl/α,β-unsaturated/α-hetero) is 1. The normalized spacial score (nSPS) is 13.4. The maximum atomic E-state index is 12.4. The molecule has 1 aliphatic heterocycles. The number of amides is 2. The van der Waals surface area contributed by atoms with Gasteiger partial charge in [0.05, 0.1) is 13.2 Å². The zero-order valence-electron chi connectivity index (χ0n) is 19.1. The van der Waals surface area contributed by atoms with Gasteiger partial charge in [-0.05, 0) is 55.8 Å². The molecule has 1 aliphatic rings. The second kappa shape index (κ2) is 10.6. The number of ketones is 1. The van der Waals surface area contributed by atoms with Crippen LogP contribution in [0.5, 0.6) is 0 Å². The summed E-state index contributed by atoms with van der Waals surface area (Å²) in [6.45, 7) is 6.28. The molecule has 0 radical (unpaired) electrons. The molecule has 4 rings (SSSR count). The topological polar surface area (TPSA) is 96.5 Å². The summed E-state index contributed by atoms with van der Waals surface area (Å²) in [5, 5.41) is 6.01. The number of urea groups is 1. The standard InChI is InChI=1S/C25H26ClN5O3/c1-16(32)15-18-3-7-20(8-4-18)27-25(33)28-21-9-5-19(6-10-21)23-29-22(26)17(2)24(30-23)31-11-13-34-14-12-31/h3-10H,11-15H2,1-2H3,(H2,27,28,33). The fraction of sp³-hybridized carbons (Fsp3) is 0.280. The van der Waals surface area contributed by atoms with Gasteiger partial charge in [-0.2, -0.15) is 0 Å². The highest BCUT2D eigenvalue weighted by Crippen LogP contribution is 2.28. The third-order valence-corrected chi connectivity index (χ3v) is 5.81. The molecular formula is C25H26ClN5O3. The average Bonchev–Trinajstić information content (AvgIpc) is 2.83. The maximum Gasteiger partial charge on any atom is 0.323 e. The minimum atomic E-state index is -0.365. The number of nitrogens with one attached hydrogen (secondary N) is 2. The number of hydrogen-bond donors (Lipinski definition) is 2. The van der Waals surface area contributed by atoms with Crippen LogP contribution in [0, 0.1) is 6.92 Å². The molecule has 1 saturated heterocycles. The van der Waals surface area contributed by atoms with Crippen LogP contribution in [0.2, 0.25) is 5.15 Å². The first-order valence-electron chi connectivity index (χ1n) is 11.0. The Labute approximate surface area is 203 Å². The highest BCUT2D eigenvalue weighted by Gasteiger charge is 2.19. The fourth-order valence-electron chi connectivity index (χ4n) is 3.68. The number of ether oxygens (including phenoxy) is 1. The van der Waals surface area contributed by atoms with Crippen LogP contribution in [0.25, 0.3) is 11.4 Å². The van der Waals surface area contributed by atoms with Crippen molar-refractivity contribution in [2.75, 3.05) is 41.8 Å². The summed E-state index contributed by atoms with van der Waals surface area (Å²) in [5.41, 5.74) is 3.81. The molecule has 0 saturated carbocycles. The average molecular weight is 480 g/mol. The molecule has 1 aromatic heterocycles. The number of anilines is 3. The molecule has 176 valence electrons. The summed E-state index contributed by atoms with van der Waals surface area (Å²) in [7, 11) is 0. The fourth-order valence-corrected chi connectivity index (χ4v) is 3.84. The van der Waals surface area contributed by atoms with Gasteiger partial charge in [-0.3, -0.25) is 4.79 Å². The van der Waals surface area contributed by atoms with E-state index in [4.69, 9.17) is 21.3 Å². The molecule has 0 spiro atoms. The third kappa shape index (κ3) is 5.89. The van der Waals surface area contributed by atoms with Crippen LogP contribution in [0.3, 0.4) is 0 Å². The van der Waals surface area contributed by atoms with E-state index in [-0.39, 0.29) is 11.8 Å². The van der Waals surface area contributed by atoms with Crippen molar-refractivity contribution in [2.24, 2.45) is 0 Å². The minimum absolute atomic E-state index is 0.0949. The lowest BCUT2D eigenvalue weighted by Crippen LogP contribution is -2.37. The van der Waals surface area contributed by atoms with E-state index in [2.05, 4.69) is 20.5 Å². The number of hydrogen-bond acceptors (Lipinski definition) is 6. The highest BCUT2D eigenvalue weighted by atomic mass is 35.5. The van der Waals surface area contributed by atoms with Crippen molar-refractivity contribution in [2.45, 2.75) is 20.3 Å². The quantitative estimate of drug-likeness (QED) is 0.497. The third-order valence-electron chi connectivity index (χ3n) is 5.44. The van der Waals surface area contributed by atoms with Crippen molar-refractivity contribution >= 4 is 40.6 Å². The Balaban J connectivity index is 1.42. The molecule has 3 aromatic rings. The number of nitrogens with zero attached hydrogens (tertiary/aromatic N) is 3. The number of rotatable bonds is 6. The van der Waals surface area contributed by atoms with Crippen LogP contribution in [0.1, 0.15) is 18.1 Å². The van der Waals surface area contributed by atoms with Crippen LogP contribution in [-0.2, 0) is 16.0 Å². The Bertz CT molecular complexity index is 1180. The summed E-state index contributed by atoms with van der Waals surface area (Å²) < 4.78 is 5.44. The lowest BCUT2D eigenvalue weighted by molar-refractivity contribution is -0.116. The summed E-state index contributed by atoms with van der Waals surface area (Å²) >= 11 is 6.41. The van der Waals surface area contributed by atoms with Crippen molar-refractivity contribution < 1.29 is 14.3 Å². The maximum absolute atomic E-state index is 12.4. The molecule has 0 atom stereocenters. The van der Waals surface area contributed by atoms with Crippen molar-refractivity contribution in [3.05, 3.63) is 64.8 Å². The van der Waals surface area contributed by atoms with E-state index in [1.54, 1.807) is 31.2 Å². The van der Waals surface area contributed by atoms with Crippen LogP contribution in [-0.4, -0.2) is 48.1 Å². The largest absolute Gasteiger partial charge is 0.378 e. The first-order chi connectivity index (χ1) is 16.4. The number of benzene rings is 2. The second-order valence-corrected chi connectivity index (χ2v) is 8.48. The van der Waals surface area contributed by atoms with E-state index >= 15 is 0 Å². The minimum Gasteiger partial charge on any atom is -0.378 e. The van der Waals surface area contributed by atoms with Crippen molar-refractivity contribution in [1.82, 2.24) is 9.97 Å². The molecule has 2 heterocycles. The van der Waals surface area contributed by atoms with Gasteiger partial charge in [-0.1, -0.05) is 23.7 Å². The van der Waals surface area contributed by atoms with Crippen molar-refractivity contribution in [3.8, 4) is 11.4 Å². The van der Waals surface area contributed by atoms with E-state index in [9.17, 15) is 9.59 Å². The number of carbonyl (C=O) groups is 2. The lowest BCUT2D eigenvalue weighted by atomic mass is 10.1. The first kappa shape index (κ1) is 23.7. The van der Waals surface area contributed by atoms with Crippen LogP contribution in [0.15, 0.2) is 48.5 Å². The van der Waals surface area contributed by atoms with E-state index in [1.807, 2.05) is 31.2 Å². The smallest absolute Gasteiger partial charge is 0.323 e. The molecule has 0 bridgehead atoms. The van der Waals surface area contributed by atoms with Gasteiger partial charge in [0.25, 0.3) is 0 Å². The number of carbonyl (C=O) groups excluding carboxylic acids is 2. The van der Waals surface area contributed by atoms with Gasteiger partial charge < -0.3 is 20.3 Å². The van der Waals surface area contributed by atoms with Crippen LogP contribution in [0.4, 0.5) is 22.0 Å². The number of aromatic nitrogens is 2. The van der Waals surface area contributed by atoms with Gasteiger partial charge >= 0.3 is 6.03 Å². The highest BCUT2D eigenvalue weighted by molar-refractivity contribution is 6.30. The van der Waals surface area contributed by atoms with Gasteiger partial charge in [-0.25, -0.2) is 14.8 Å².